The number of hydrogen-bond acceptors (Lipinski definition) is 4. The van der Waals surface area contributed by atoms with Gasteiger partial charge in [0.2, 0.25) is 0 Å². The lowest BCUT2D eigenvalue weighted by atomic mass is 9.99. The number of halogens is 1. The number of amides is 1. The monoisotopic (exact) mass is 416 g/mol. The molecule has 0 fully saturated rings. The molecule has 0 saturated carbocycles. The SMILES string of the molecule is Cc1nn(C)c(C)c1-c1cc(C(=O)NCC(N)c2ccc(C(C)C)cc2)[nH]n1.Cl. The van der Waals surface area contributed by atoms with Crippen molar-refractivity contribution in [3.05, 3.63) is 58.5 Å². The molecular weight excluding hydrogens is 388 g/mol. The number of aromatic nitrogens is 4. The number of carbonyl (C=O) groups excluding carboxylic acids is 1. The van der Waals surface area contributed by atoms with Crippen LogP contribution in [0.4, 0.5) is 0 Å². The van der Waals surface area contributed by atoms with Crippen LogP contribution in [0.1, 0.15) is 58.8 Å². The van der Waals surface area contributed by atoms with Gasteiger partial charge >= 0.3 is 0 Å². The van der Waals surface area contributed by atoms with Crippen molar-refractivity contribution < 1.29 is 4.79 Å². The molecule has 2 aromatic heterocycles. The largest absolute Gasteiger partial charge is 0.349 e. The molecule has 1 amide bonds. The summed E-state index contributed by atoms with van der Waals surface area (Å²) in [6, 6.07) is 9.69. The van der Waals surface area contributed by atoms with Gasteiger partial charge in [-0.05, 0) is 37.0 Å². The van der Waals surface area contributed by atoms with Gasteiger partial charge in [0.1, 0.15) is 5.69 Å². The number of hydrogen-bond donors (Lipinski definition) is 3. The lowest BCUT2D eigenvalue weighted by Gasteiger charge is -2.14. The molecule has 2 heterocycles. The van der Waals surface area contributed by atoms with Crippen molar-refractivity contribution in [1.82, 2.24) is 25.3 Å². The maximum atomic E-state index is 12.5. The third-order valence-electron chi connectivity index (χ3n) is 5.10. The Labute approximate surface area is 177 Å². The van der Waals surface area contributed by atoms with Crippen LogP contribution in [0.25, 0.3) is 11.3 Å². The van der Waals surface area contributed by atoms with Crippen molar-refractivity contribution in [3.63, 3.8) is 0 Å². The zero-order valence-electron chi connectivity index (χ0n) is 17.5. The van der Waals surface area contributed by atoms with Crippen molar-refractivity contribution in [1.29, 1.82) is 0 Å². The molecule has 156 valence electrons. The van der Waals surface area contributed by atoms with Crippen LogP contribution in [0.3, 0.4) is 0 Å². The first-order valence-electron chi connectivity index (χ1n) is 9.47. The number of aryl methyl sites for hydroxylation is 2. The van der Waals surface area contributed by atoms with Crippen molar-refractivity contribution in [2.75, 3.05) is 6.54 Å². The van der Waals surface area contributed by atoms with Crippen LogP contribution < -0.4 is 11.1 Å². The minimum Gasteiger partial charge on any atom is -0.349 e. The van der Waals surface area contributed by atoms with Crippen LogP contribution in [-0.2, 0) is 7.05 Å². The number of H-pyrrole nitrogens is 1. The summed E-state index contributed by atoms with van der Waals surface area (Å²) in [5.41, 5.74) is 12.4. The second-order valence-electron chi connectivity index (χ2n) is 7.47. The highest BCUT2D eigenvalue weighted by atomic mass is 35.5. The molecule has 0 spiro atoms. The van der Waals surface area contributed by atoms with Gasteiger partial charge in [-0.1, -0.05) is 38.1 Å². The van der Waals surface area contributed by atoms with Crippen molar-refractivity contribution in [2.24, 2.45) is 12.8 Å². The quantitative estimate of drug-likeness (QED) is 0.573. The summed E-state index contributed by atoms with van der Waals surface area (Å²) in [6.45, 7) is 8.57. The van der Waals surface area contributed by atoms with E-state index in [0.717, 1.165) is 22.5 Å². The molecule has 1 aromatic carbocycles. The summed E-state index contributed by atoms with van der Waals surface area (Å²) >= 11 is 0. The Kier molecular flexibility index (Phi) is 7.21. The van der Waals surface area contributed by atoms with Crippen molar-refractivity contribution >= 4 is 18.3 Å². The molecular formula is C21H29ClN6O. The first-order chi connectivity index (χ1) is 13.3. The first-order valence-corrected chi connectivity index (χ1v) is 9.47. The molecule has 0 bridgehead atoms. The Morgan fingerprint density at radius 2 is 1.83 bits per heavy atom. The summed E-state index contributed by atoms with van der Waals surface area (Å²) in [5.74, 6) is 0.249. The second-order valence-corrected chi connectivity index (χ2v) is 7.47. The number of nitrogens with zero attached hydrogens (tertiary/aromatic N) is 3. The van der Waals surface area contributed by atoms with E-state index in [4.69, 9.17) is 5.73 Å². The number of carbonyl (C=O) groups is 1. The normalized spacial score (nSPS) is 12.0. The van der Waals surface area contributed by atoms with E-state index in [9.17, 15) is 4.79 Å². The molecule has 8 heteroatoms. The van der Waals surface area contributed by atoms with Crippen LogP contribution in [0.2, 0.25) is 0 Å². The molecule has 0 aliphatic carbocycles. The lowest BCUT2D eigenvalue weighted by Crippen LogP contribution is -2.32. The minimum absolute atomic E-state index is 0. The predicted molar refractivity (Wildman–Crippen MR) is 117 cm³/mol. The molecule has 3 aromatic rings. The van der Waals surface area contributed by atoms with Gasteiger partial charge in [-0.3, -0.25) is 14.6 Å². The average Bonchev–Trinajstić information content (AvgIpc) is 3.24. The molecule has 0 radical (unpaired) electrons. The molecule has 7 nitrogen and oxygen atoms in total. The number of aromatic amines is 1. The van der Waals surface area contributed by atoms with Gasteiger partial charge in [0.05, 0.1) is 11.4 Å². The maximum absolute atomic E-state index is 12.5. The first kappa shape index (κ1) is 22.6. The fraction of sp³-hybridized carbons (Fsp3) is 0.381. The lowest BCUT2D eigenvalue weighted by molar-refractivity contribution is 0.0946. The number of benzene rings is 1. The predicted octanol–water partition coefficient (Wildman–Crippen LogP) is 3.40. The smallest absolute Gasteiger partial charge is 0.269 e. The fourth-order valence-corrected chi connectivity index (χ4v) is 3.25. The zero-order valence-corrected chi connectivity index (χ0v) is 18.3. The number of nitrogens with one attached hydrogen (secondary N) is 2. The van der Waals surface area contributed by atoms with Gasteiger partial charge in [-0.25, -0.2) is 0 Å². The Bertz CT molecular complexity index is 974. The highest BCUT2D eigenvalue weighted by Crippen LogP contribution is 2.25. The Morgan fingerprint density at radius 1 is 1.21 bits per heavy atom. The highest BCUT2D eigenvalue weighted by Gasteiger charge is 2.17. The molecule has 0 aliphatic heterocycles. The van der Waals surface area contributed by atoms with Gasteiger partial charge in [0.25, 0.3) is 5.91 Å². The third kappa shape index (κ3) is 4.86. The summed E-state index contributed by atoms with van der Waals surface area (Å²) < 4.78 is 1.81. The summed E-state index contributed by atoms with van der Waals surface area (Å²) in [7, 11) is 1.89. The average molecular weight is 417 g/mol. The minimum atomic E-state index is -0.268. The summed E-state index contributed by atoms with van der Waals surface area (Å²) in [6.07, 6.45) is 0. The topological polar surface area (TPSA) is 102 Å². The van der Waals surface area contributed by atoms with Crippen LogP contribution in [0, 0.1) is 13.8 Å². The Balaban J connectivity index is 0.00000300. The maximum Gasteiger partial charge on any atom is 0.269 e. The summed E-state index contributed by atoms with van der Waals surface area (Å²) in [4.78, 5) is 12.5. The molecule has 1 atom stereocenters. The third-order valence-corrected chi connectivity index (χ3v) is 5.10. The number of nitrogens with two attached hydrogens (primary N) is 1. The van der Waals surface area contributed by atoms with E-state index < -0.39 is 0 Å². The van der Waals surface area contributed by atoms with E-state index in [-0.39, 0.29) is 24.4 Å². The van der Waals surface area contributed by atoms with Gasteiger partial charge in [-0.2, -0.15) is 10.2 Å². The second kappa shape index (κ2) is 9.24. The van der Waals surface area contributed by atoms with Crippen molar-refractivity contribution in [3.8, 4) is 11.3 Å². The van der Waals surface area contributed by atoms with E-state index in [1.54, 1.807) is 6.07 Å². The van der Waals surface area contributed by atoms with Crippen molar-refractivity contribution in [2.45, 2.75) is 39.7 Å². The van der Waals surface area contributed by atoms with Crippen LogP contribution in [-0.4, -0.2) is 32.4 Å². The van der Waals surface area contributed by atoms with Crippen LogP contribution >= 0.6 is 12.4 Å². The van der Waals surface area contributed by atoms with Gasteiger partial charge in [-0.15, -0.1) is 12.4 Å². The van der Waals surface area contributed by atoms with Gasteiger partial charge in [0, 0.05) is 30.9 Å². The van der Waals surface area contributed by atoms with Gasteiger partial charge in [0.15, 0.2) is 0 Å². The van der Waals surface area contributed by atoms with Gasteiger partial charge < -0.3 is 11.1 Å². The van der Waals surface area contributed by atoms with E-state index in [1.807, 2.05) is 37.7 Å². The molecule has 1 unspecified atom stereocenters. The van der Waals surface area contributed by atoms with E-state index in [0.29, 0.717) is 23.9 Å². The zero-order chi connectivity index (χ0) is 20.4. The molecule has 29 heavy (non-hydrogen) atoms. The molecule has 0 saturated heterocycles. The fourth-order valence-electron chi connectivity index (χ4n) is 3.25. The highest BCUT2D eigenvalue weighted by molar-refractivity contribution is 5.93. The number of rotatable bonds is 6. The molecule has 3 rings (SSSR count). The van der Waals surface area contributed by atoms with E-state index in [2.05, 4.69) is 46.6 Å². The Hall–Kier alpha value is -2.64. The van der Waals surface area contributed by atoms with E-state index in [1.165, 1.54) is 5.56 Å². The standard InChI is InChI=1S/C21H28N6O.ClH/c1-12(2)15-6-8-16(9-7-15)17(22)11-23-21(28)19-10-18(24-25-19)20-13(3)26-27(5)14(20)4;/h6-10,12,17H,11,22H2,1-5H3,(H,23,28)(H,24,25);1H. The molecule has 0 aliphatic rings. The Morgan fingerprint density at radius 3 is 2.38 bits per heavy atom. The van der Waals surface area contributed by atoms with Crippen LogP contribution in [0.15, 0.2) is 30.3 Å². The molecule has 4 N–H and O–H groups in total. The van der Waals surface area contributed by atoms with Crippen LogP contribution in [0.5, 0.6) is 0 Å². The summed E-state index contributed by atoms with van der Waals surface area (Å²) in [5, 5.41) is 14.4. The van der Waals surface area contributed by atoms with E-state index >= 15 is 0 Å².